The molecule has 1 amide bonds. The van der Waals surface area contributed by atoms with Gasteiger partial charge in [-0.25, -0.2) is 8.42 Å². The SMILES string of the molecule is CCOc1ccc(NS(=O)(=O)c2ccc(OCC(=O)N[C@H](C)c3cccc(Br)c3)c(C)c2)cc1. The maximum absolute atomic E-state index is 12.8. The summed E-state index contributed by atoms with van der Waals surface area (Å²) in [6.07, 6.45) is 0. The Hall–Kier alpha value is -3.04. The fourth-order valence-corrected chi connectivity index (χ4v) is 4.80. The number of aryl methyl sites for hydroxylation is 1. The van der Waals surface area contributed by atoms with Gasteiger partial charge in [-0.1, -0.05) is 28.1 Å². The zero-order chi connectivity index (χ0) is 24.7. The number of anilines is 1. The third-order valence-corrected chi connectivity index (χ3v) is 6.83. The molecular weight excluding hydrogens is 520 g/mol. The molecule has 0 aliphatic carbocycles. The van der Waals surface area contributed by atoms with Crippen LogP contribution >= 0.6 is 15.9 Å². The molecule has 3 rings (SSSR count). The Bertz CT molecular complexity index is 1250. The lowest BCUT2D eigenvalue weighted by molar-refractivity contribution is -0.123. The molecule has 9 heteroatoms. The van der Waals surface area contributed by atoms with Gasteiger partial charge in [0.05, 0.1) is 17.5 Å². The molecule has 2 N–H and O–H groups in total. The molecule has 0 spiro atoms. The molecule has 3 aromatic rings. The largest absolute Gasteiger partial charge is 0.494 e. The minimum atomic E-state index is -3.79. The number of hydrogen-bond acceptors (Lipinski definition) is 5. The molecule has 0 aliphatic rings. The molecule has 3 aromatic carbocycles. The first-order valence-electron chi connectivity index (χ1n) is 10.7. The number of carbonyl (C=O) groups is 1. The lowest BCUT2D eigenvalue weighted by Crippen LogP contribution is -2.31. The van der Waals surface area contributed by atoms with Gasteiger partial charge in [0.15, 0.2) is 6.61 Å². The van der Waals surface area contributed by atoms with E-state index in [9.17, 15) is 13.2 Å². The lowest BCUT2D eigenvalue weighted by atomic mass is 10.1. The van der Waals surface area contributed by atoms with E-state index in [1.165, 1.54) is 12.1 Å². The molecule has 180 valence electrons. The van der Waals surface area contributed by atoms with Crippen LogP contribution in [0.2, 0.25) is 0 Å². The Labute approximate surface area is 208 Å². The summed E-state index contributed by atoms with van der Waals surface area (Å²) in [5, 5.41) is 2.89. The van der Waals surface area contributed by atoms with Gasteiger partial charge in [-0.15, -0.1) is 0 Å². The molecule has 0 aromatic heterocycles. The third-order valence-electron chi connectivity index (χ3n) is 4.96. The number of halogens is 1. The Kier molecular flexibility index (Phi) is 8.57. The van der Waals surface area contributed by atoms with Gasteiger partial charge in [-0.05, 0) is 86.5 Å². The average molecular weight is 547 g/mol. The first-order valence-corrected chi connectivity index (χ1v) is 13.0. The molecule has 7 nitrogen and oxygen atoms in total. The minimum Gasteiger partial charge on any atom is -0.494 e. The van der Waals surface area contributed by atoms with Gasteiger partial charge in [0.1, 0.15) is 11.5 Å². The Morgan fingerprint density at radius 2 is 1.76 bits per heavy atom. The van der Waals surface area contributed by atoms with Crippen molar-refractivity contribution in [3.8, 4) is 11.5 Å². The number of nitrogens with one attached hydrogen (secondary N) is 2. The molecule has 1 atom stereocenters. The van der Waals surface area contributed by atoms with E-state index >= 15 is 0 Å². The summed E-state index contributed by atoms with van der Waals surface area (Å²) in [6, 6.07) is 18.7. The van der Waals surface area contributed by atoms with Crippen molar-refractivity contribution in [3.63, 3.8) is 0 Å². The van der Waals surface area contributed by atoms with Gasteiger partial charge in [0, 0.05) is 10.2 Å². The number of sulfonamides is 1. The number of carbonyl (C=O) groups excluding carboxylic acids is 1. The highest BCUT2D eigenvalue weighted by Gasteiger charge is 2.17. The van der Waals surface area contributed by atoms with E-state index in [-0.39, 0.29) is 23.5 Å². The number of benzene rings is 3. The summed E-state index contributed by atoms with van der Waals surface area (Å²) in [6.45, 7) is 5.85. The van der Waals surface area contributed by atoms with Crippen molar-refractivity contribution >= 4 is 37.5 Å². The summed E-state index contributed by atoms with van der Waals surface area (Å²) in [5.74, 6) is 0.823. The maximum atomic E-state index is 12.8. The van der Waals surface area contributed by atoms with Gasteiger partial charge in [-0.2, -0.15) is 0 Å². The first kappa shape index (κ1) is 25.6. The van der Waals surface area contributed by atoms with Crippen molar-refractivity contribution in [1.82, 2.24) is 5.32 Å². The molecule has 0 saturated heterocycles. The van der Waals surface area contributed by atoms with E-state index in [4.69, 9.17) is 9.47 Å². The zero-order valence-electron chi connectivity index (χ0n) is 19.2. The normalized spacial score (nSPS) is 12.0. The van der Waals surface area contributed by atoms with Crippen LogP contribution in [0.5, 0.6) is 11.5 Å². The van der Waals surface area contributed by atoms with Crippen molar-refractivity contribution in [2.75, 3.05) is 17.9 Å². The monoisotopic (exact) mass is 546 g/mol. The third kappa shape index (κ3) is 6.98. The molecular formula is C25H27BrN2O5S. The fraction of sp³-hybridized carbons (Fsp3) is 0.240. The smallest absolute Gasteiger partial charge is 0.261 e. The highest BCUT2D eigenvalue weighted by Crippen LogP contribution is 2.25. The predicted octanol–water partition coefficient (Wildman–Crippen LogP) is 5.21. The van der Waals surface area contributed by atoms with Crippen LogP contribution in [0.15, 0.2) is 76.1 Å². The quantitative estimate of drug-likeness (QED) is 0.364. The van der Waals surface area contributed by atoms with E-state index < -0.39 is 10.0 Å². The second kappa shape index (κ2) is 11.4. The van der Waals surface area contributed by atoms with Gasteiger partial charge >= 0.3 is 0 Å². The van der Waals surface area contributed by atoms with E-state index in [1.54, 1.807) is 37.3 Å². The number of hydrogen-bond donors (Lipinski definition) is 2. The molecule has 0 fully saturated rings. The van der Waals surface area contributed by atoms with Crippen molar-refractivity contribution in [1.29, 1.82) is 0 Å². The van der Waals surface area contributed by atoms with Crippen molar-refractivity contribution in [2.45, 2.75) is 31.7 Å². The standard InChI is InChI=1S/C25H27BrN2O5S/c1-4-32-22-10-8-21(9-11-22)28-34(30,31)23-12-13-24(17(2)14-23)33-16-25(29)27-18(3)19-6-5-7-20(26)15-19/h5-15,18,28H,4,16H2,1-3H3,(H,27,29)/t18-/m1/s1. The fourth-order valence-electron chi connectivity index (χ4n) is 3.24. The highest BCUT2D eigenvalue weighted by molar-refractivity contribution is 9.10. The maximum Gasteiger partial charge on any atom is 0.261 e. The summed E-state index contributed by atoms with van der Waals surface area (Å²) in [4.78, 5) is 12.4. The number of amides is 1. The predicted molar refractivity (Wildman–Crippen MR) is 136 cm³/mol. The van der Waals surface area contributed by atoms with Crippen molar-refractivity contribution in [3.05, 3.63) is 82.3 Å². The summed E-state index contributed by atoms with van der Waals surface area (Å²) >= 11 is 3.42. The Balaban J connectivity index is 1.60. The minimum absolute atomic E-state index is 0.0963. The molecule has 0 aliphatic heterocycles. The van der Waals surface area contributed by atoms with E-state index in [0.29, 0.717) is 29.4 Å². The van der Waals surface area contributed by atoms with Crippen molar-refractivity contribution < 1.29 is 22.7 Å². The first-order chi connectivity index (χ1) is 16.2. The van der Waals surface area contributed by atoms with Crippen LogP contribution in [0.3, 0.4) is 0 Å². The zero-order valence-corrected chi connectivity index (χ0v) is 21.6. The van der Waals surface area contributed by atoms with Crippen LogP contribution in [0.25, 0.3) is 0 Å². The molecule has 0 unspecified atom stereocenters. The van der Waals surface area contributed by atoms with Crippen LogP contribution < -0.4 is 19.5 Å². The molecule has 34 heavy (non-hydrogen) atoms. The van der Waals surface area contributed by atoms with Crippen LogP contribution in [0.1, 0.15) is 31.0 Å². The Morgan fingerprint density at radius 3 is 2.41 bits per heavy atom. The van der Waals surface area contributed by atoms with Crippen LogP contribution in [-0.2, 0) is 14.8 Å². The summed E-state index contributed by atoms with van der Waals surface area (Å²) < 4.78 is 40.0. The van der Waals surface area contributed by atoms with Crippen molar-refractivity contribution in [2.24, 2.45) is 0 Å². The summed E-state index contributed by atoms with van der Waals surface area (Å²) in [5.41, 5.74) is 1.99. The second-order valence-corrected chi connectivity index (χ2v) is 10.2. The van der Waals surface area contributed by atoms with Gasteiger partial charge in [0.2, 0.25) is 0 Å². The summed E-state index contributed by atoms with van der Waals surface area (Å²) in [7, 11) is -3.79. The van der Waals surface area contributed by atoms with Gasteiger partial charge < -0.3 is 14.8 Å². The second-order valence-electron chi connectivity index (χ2n) is 7.62. The van der Waals surface area contributed by atoms with E-state index in [0.717, 1.165) is 10.0 Å². The van der Waals surface area contributed by atoms with Crippen LogP contribution in [0.4, 0.5) is 5.69 Å². The Morgan fingerprint density at radius 1 is 1.03 bits per heavy atom. The highest BCUT2D eigenvalue weighted by atomic mass is 79.9. The van der Waals surface area contributed by atoms with Gasteiger partial charge in [-0.3, -0.25) is 9.52 Å². The van der Waals surface area contributed by atoms with Gasteiger partial charge in [0.25, 0.3) is 15.9 Å². The number of rotatable bonds is 10. The number of ether oxygens (including phenoxy) is 2. The molecule has 0 saturated carbocycles. The molecule has 0 radical (unpaired) electrons. The van der Waals surface area contributed by atoms with E-state index in [2.05, 4.69) is 26.0 Å². The average Bonchev–Trinajstić information content (AvgIpc) is 2.79. The lowest BCUT2D eigenvalue weighted by Gasteiger charge is -2.16. The topological polar surface area (TPSA) is 93.7 Å². The molecule has 0 bridgehead atoms. The van der Waals surface area contributed by atoms with Crippen LogP contribution in [0, 0.1) is 6.92 Å². The van der Waals surface area contributed by atoms with Crippen LogP contribution in [-0.4, -0.2) is 27.5 Å². The molecule has 0 heterocycles. The van der Waals surface area contributed by atoms with E-state index in [1.807, 2.05) is 38.1 Å².